The Kier molecular flexibility index (Phi) is 1.77. The molecule has 2 N–H and O–H groups in total. The fourth-order valence-electron chi connectivity index (χ4n) is 1.56. The van der Waals surface area contributed by atoms with Gasteiger partial charge < -0.3 is 10.3 Å². The third kappa shape index (κ3) is 1.08. The van der Waals surface area contributed by atoms with E-state index in [9.17, 15) is 0 Å². The van der Waals surface area contributed by atoms with E-state index >= 15 is 0 Å². The summed E-state index contributed by atoms with van der Waals surface area (Å²) in [6, 6.07) is 0. The molecule has 0 aliphatic heterocycles. The quantitative estimate of drug-likeness (QED) is 0.739. The van der Waals surface area contributed by atoms with Gasteiger partial charge in [0.15, 0.2) is 0 Å². The zero-order chi connectivity index (χ0) is 10.3. The highest BCUT2D eigenvalue weighted by atomic mass is 15.0. The Labute approximate surface area is 82.1 Å². The molecular formula is C10H12N4. The van der Waals surface area contributed by atoms with Gasteiger partial charge in [-0.05, 0) is 12.5 Å². The lowest BCUT2D eigenvalue weighted by atomic mass is 10.1. The standard InChI is InChI=1S/C10H12N4/c1-6(2)7-4-14(3)10-8(7)9(11)12-5-13-10/h4-5H,1H2,2-3H3,(H2,11,12,13). The molecule has 2 rings (SSSR count). The Morgan fingerprint density at radius 3 is 2.86 bits per heavy atom. The van der Waals surface area contributed by atoms with Crippen LogP contribution in [-0.4, -0.2) is 14.5 Å². The molecule has 0 spiro atoms. The van der Waals surface area contributed by atoms with Crippen LogP contribution in [0, 0.1) is 0 Å². The van der Waals surface area contributed by atoms with Crippen molar-refractivity contribution in [3.05, 3.63) is 24.7 Å². The van der Waals surface area contributed by atoms with E-state index in [1.165, 1.54) is 6.33 Å². The molecule has 0 unspecified atom stereocenters. The topological polar surface area (TPSA) is 56.7 Å². The van der Waals surface area contributed by atoms with E-state index in [-0.39, 0.29) is 0 Å². The first kappa shape index (κ1) is 8.74. The van der Waals surface area contributed by atoms with Crippen LogP contribution in [-0.2, 0) is 7.05 Å². The van der Waals surface area contributed by atoms with Crippen molar-refractivity contribution < 1.29 is 0 Å². The third-order valence-corrected chi connectivity index (χ3v) is 2.24. The number of hydrogen-bond acceptors (Lipinski definition) is 3. The minimum Gasteiger partial charge on any atom is -0.383 e. The fourth-order valence-corrected chi connectivity index (χ4v) is 1.56. The van der Waals surface area contributed by atoms with Crippen LogP contribution < -0.4 is 5.73 Å². The lowest BCUT2D eigenvalue weighted by Crippen LogP contribution is -1.94. The second kappa shape index (κ2) is 2.83. The molecule has 0 fully saturated rings. The van der Waals surface area contributed by atoms with Gasteiger partial charge in [-0.2, -0.15) is 0 Å². The minimum atomic E-state index is 0.508. The Morgan fingerprint density at radius 2 is 2.21 bits per heavy atom. The van der Waals surface area contributed by atoms with E-state index < -0.39 is 0 Å². The fraction of sp³-hybridized carbons (Fsp3) is 0.200. The van der Waals surface area contributed by atoms with Crippen LogP contribution in [0.1, 0.15) is 12.5 Å². The maximum atomic E-state index is 5.80. The summed E-state index contributed by atoms with van der Waals surface area (Å²) in [5.74, 6) is 0.508. The molecule has 0 aliphatic carbocycles. The number of rotatable bonds is 1. The summed E-state index contributed by atoms with van der Waals surface area (Å²) in [6.45, 7) is 5.85. The van der Waals surface area contributed by atoms with Crippen LogP contribution >= 0.6 is 0 Å². The van der Waals surface area contributed by atoms with Gasteiger partial charge in [0.2, 0.25) is 0 Å². The van der Waals surface area contributed by atoms with E-state index in [2.05, 4.69) is 16.5 Å². The number of nitrogen functional groups attached to an aromatic ring is 1. The van der Waals surface area contributed by atoms with Gasteiger partial charge in [-0.25, -0.2) is 9.97 Å². The highest BCUT2D eigenvalue weighted by Crippen LogP contribution is 2.27. The van der Waals surface area contributed by atoms with Crippen molar-refractivity contribution in [1.82, 2.24) is 14.5 Å². The van der Waals surface area contributed by atoms with Crippen molar-refractivity contribution in [2.45, 2.75) is 6.92 Å². The van der Waals surface area contributed by atoms with Crippen LogP contribution in [0.15, 0.2) is 19.1 Å². The Hall–Kier alpha value is -1.84. The van der Waals surface area contributed by atoms with Crippen molar-refractivity contribution in [3.63, 3.8) is 0 Å². The van der Waals surface area contributed by atoms with Crippen LogP contribution in [0.25, 0.3) is 16.6 Å². The molecule has 0 aromatic carbocycles. The predicted molar refractivity (Wildman–Crippen MR) is 57.6 cm³/mol. The van der Waals surface area contributed by atoms with Crippen LogP contribution in [0.4, 0.5) is 5.82 Å². The molecule has 0 radical (unpaired) electrons. The maximum Gasteiger partial charge on any atom is 0.145 e. The lowest BCUT2D eigenvalue weighted by Gasteiger charge is -1.98. The Morgan fingerprint density at radius 1 is 1.50 bits per heavy atom. The molecule has 4 nitrogen and oxygen atoms in total. The van der Waals surface area contributed by atoms with Crippen LogP contribution in [0.5, 0.6) is 0 Å². The molecule has 4 heteroatoms. The highest BCUT2D eigenvalue weighted by molar-refractivity contribution is 5.96. The highest BCUT2D eigenvalue weighted by Gasteiger charge is 2.11. The Bertz CT molecular complexity index is 510. The van der Waals surface area contributed by atoms with E-state index in [0.29, 0.717) is 5.82 Å². The van der Waals surface area contributed by atoms with E-state index in [0.717, 1.165) is 22.2 Å². The van der Waals surface area contributed by atoms with Gasteiger partial charge in [0, 0.05) is 18.8 Å². The van der Waals surface area contributed by atoms with Gasteiger partial charge in [0.25, 0.3) is 0 Å². The molecule has 14 heavy (non-hydrogen) atoms. The SMILES string of the molecule is C=C(C)c1cn(C)c2ncnc(N)c12. The number of anilines is 1. The number of nitrogens with zero attached hydrogens (tertiary/aromatic N) is 3. The molecular weight excluding hydrogens is 176 g/mol. The summed E-state index contributed by atoms with van der Waals surface area (Å²) >= 11 is 0. The van der Waals surface area contributed by atoms with Gasteiger partial charge >= 0.3 is 0 Å². The number of fused-ring (bicyclic) bond motifs is 1. The molecule has 0 atom stereocenters. The average Bonchev–Trinajstić information content (AvgIpc) is 2.46. The number of allylic oxidation sites excluding steroid dienone is 1. The number of hydrogen-bond donors (Lipinski definition) is 1. The lowest BCUT2D eigenvalue weighted by molar-refractivity contribution is 0.942. The van der Waals surface area contributed by atoms with Gasteiger partial charge in [-0.15, -0.1) is 0 Å². The number of nitrogens with two attached hydrogens (primary N) is 1. The summed E-state index contributed by atoms with van der Waals surface area (Å²) in [5, 5.41) is 0.891. The normalized spacial score (nSPS) is 10.7. The van der Waals surface area contributed by atoms with E-state index in [1.807, 2.05) is 24.7 Å². The maximum absolute atomic E-state index is 5.80. The van der Waals surface area contributed by atoms with Gasteiger partial charge in [-0.3, -0.25) is 0 Å². The minimum absolute atomic E-state index is 0.508. The zero-order valence-corrected chi connectivity index (χ0v) is 8.28. The van der Waals surface area contributed by atoms with Crippen LogP contribution in [0.3, 0.4) is 0 Å². The largest absolute Gasteiger partial charge is 0.383 e. The molecule has 2 aromatic heterocycles. The van der Waals surface area contributed by atoms with Crippen molar-refractivity contribution in [2.75, 3.05) is 5.73 Å². The first-order valence-corrected chi connectivity index (χ1v) is 4.32. The van der Waals surface area contributed by atoms with Crippen molar-refractivity contribution in [1.29, 1.82) is 0 Å². The average molecular weight is 188 g/mol. The monoisotopic (exact) mass is 188 g/mol. The summed E-state index contributed by atoms with van der Waals surface area (Å²) in [6.07, 6.45) is 3.44. The van der Waals surface area contributed by atoms with Gasteiger partial charge in [0.05, 0.1) is 5.39 Å². The second-order valence-electron chi connectivity index (χ2n) is 3.39. The first-order chi connectivity index (χ1) is 6.61. The molecule has 0 aliphatic rings. The summed E-state index contributed by atoms with van der Waals surface area (Å²) in [5.41, 5.74) is 8.63. The Balaban J connectivity index is 2.93. The van der Waals surface area contributed by atoms with Crippen molar-refractivity contribution in [2.24, 2.45) is 7.05 Å². The van der Waals surface area contributed by atoms with E-state index in [4.69, 9.17) is 5.73 Å². The van der Waals surface area contributed by atoms with Crippen molar-refractivity contribution >= 4 is 22.4 Å². The molecule has 0 saturated heterocycles. The molecule has 0 saturated carbocycles. The third-order valence-electron chi connectivity index (χ3n) is 2.24. The molecule has 2 aromatic rings. The van der Waals surface area contributed by atoms with E-state index in [1.54, 1.807) is 0 Å². The molecule has 72 valence electrons. The summed E-state index contributed by atoms with van der Waals surface area (Å²) < 4.78 is 1.93. The summed E-state index contributed by atoms with van der Waals surface area (Å²) in [7, 11) is 1.93. The summed E-state index contributed by atoms with van der Waals surface area (Å²) in [4.78, 5) is 8.15. The number of aromatic nitrogens is 3. The van der Waals surface area contributed by atoms with Gasteiger partial charge in [-0.1, -0.05) is 6.58 Å². The van der Waals surface area contributed by atoms with Crippen molar-refractivity contribution in [3.8, 4) is 0 Å². The second-order valence-corrected chi connectivity index (χ2v) is 3.39. The molecule has 0 amide bonds. The molecule has 0 bridgehead atoms. The van der Waals surface area contributed by atoms with Gasteiger partial charge in [0.1, 0.15) is 17.8 Å². The first-order valence-electron chi connectivity index (χ1n) is 4.32. The van der Waals surface area contributed by atoms with Crippen LogP contribution in [0.2, 0.25) is 0 Å². The predicted octanol–water partition coefficient (Wildman–Crippen LogP) is 1.58. The molecule has 2 heterocycles. The smallest absolute Gasteiger partial charge is 0.145 e. The number of aryl methyl sites for hydroxylation is 1. The zero-order valence-electron chi connectivity index (χ0n) is 8.28.